The molecule has 0 spiro atoms. The number of benzene rings is 6. The average molecular weight is 576 g/mol. The molecule has 5 heteroatoms. The van der Waals surface area contributed by atoms with Crippen molar-refractivity contribution < 1.29 is 0 Å². The molecule has 3 nitrogen and oxygen atoms in total. The number of aromatic nitrogens is 3. The van der Waals surface area contributed by atoms with Crippen molar-refractivity contribution in [2.75, 3.05) is 0 Å². The van der Waals surface area contributed by atoms with Gasteiger partial charge >= 0.3 is 0 Å². The maximum atomic E-state index is 6.53. The number of thiophene rings is 1. The first kappa shape index (κ1) is 24.9. The van der Waals surface area contributed by atoms with E-state index in [-0.39, 0.29) is 5.28 Å². The lowest BCUT2D eigenvalue weighted by Gasteiger charge is -2.10. The number of fused-ring (bicyclic) bond motifs is 4. The average Bonchev–Trinajstić information content (AvgIpc) is 3.42. The lowest BCUT2D eigenvalue weighted by atomic mass is 9.98. The normalized spacial score (nSPS) is 11.5. The van der Waals surface area contributed by atoms with Gasteiger partial charge in [-0.05, 0) is 75.0 Å². The van der Waals surface area contributed by atoms with Crippen molar-refractivity contribution in [1.29, 1.82) is 0 Å². The van der Waals surface area contributed by atoms with Crippen LogP contribution in [0.5, 0.6) is 0 Å². The first-order chi connectivity index (χ1) is 20.7. The Bertz CT molecular complexity index is 2270. The van der Waals surface area contributed by atoms with Gasteiger partial charge in [0.05, 0.1) is 0 Å². The number of hydrogen-bond donors (Lipinski definition) is 0. The van der Waals surface area contributed by atoms with E-state index in [9.17, 15) is 0 Å². The topological polar surface area (TPSA) is 38.7 Å². The standard InChI is InChI=1S/C37H22ClN3S/c38-37-40-35(28-12-6-11-25(20-28)27-18-19-34-32(22-27)29-13-4-5-15-33(29)42-34)39-36(41-37)30-14-7-10-24-16-17-26(21-31(24)30)23-8-2-1-3-9-23/h1-22H. The van der Waals surface area contributed by atoms with Gasteiger partial charge in [0, 0.05) is 31.3 Å². The van der Waals surface area contributed by atoms with Gasteiger partial charge in [-0.15, -0.1) is 11.3 Å². The van der Waals surface area contributed by atoms with Gasteiger partial charge in [-0.2, -0.15) is 9.97 Å². The summed E-state index contributed by atoms with van der Waals surface area (Å²) in [5.74, 6) is 1.10. The molecule has 198 valence electrons. The number of rotatable bonds is 4. The van der Waals surface area contributed by atoms with Gasteiger partial charge in [0.15, 0.2) is 11.6 Å². The zero-order valence-corrected chi connectivity index (χ0v) is 23.9. The molecule has 0 amide bonds. The molecule has 0 N–H and O–H groups in total. The molecule has 2 heterocycles. The van der Waals surface area contributed by atoms with E-state index in [1.807, 2.05) is 41.7 Å². The van der Waals surface area contributed by atoms with Crippen molar-refractivity contribution in [3.8, 4) is 45.0 Å². The van der Waals surface area contributed by atoms with E-state index in [4.69, 9.17) is 16.6 Å². The fraction of sp³-hybridized carbons (Fsp3) is 0. The first-order valence-electron chi connectivity index (χ1n) is 13.7. The highest BCUT2D eigenvalue weighted by molar-refractivity contribution is 7.25. The zero-order valence-electron chi connectivity index (χ0n) is 22.3. The summed E-state index contributed by atoms with van der Waals surface area (Å²) >= 11 is 8.36. The summed E-state index contributed by atoms with van der Waals surface area (Å²) in [6, 6.07) is 46.6. The van der Waals surface area contributed by atoms with Gasteiger partial charge in [-0.3, -0.25) is 0 Å². The van der Waals surface area contributed by atoms with Crippen LogP contribution < -0.4 is 0 Å². The molecule has 0 fully saturated rings. The predicted octanol–water partition coefficient (Wildman–Crippen LogP) is 10.7. The minimum Gasteiger partial charge on any atom is -0.208 e. The minimum atomic E-state index is 0.169. The summed E-state index contributed by atoms with van der Waals surface area (Å²) in [7, 11) is 0. The van der Waals surface area contributed by atoms with Crippen LogP contribution in [0, 0.1) is 0 Å². The van der Waals surface area contributed by atoms with Crippen molar-refractivity contribution in [3.05, 3.63) is 139 Å². The third-order valence-corrected chi connectivity index (χ3v) is 8.99. The van der Waals surface area contributed by atoms with Crippen LogP contribution in [-0.2, 0) is 0 Å². The van der Waals surface area contributed by atoms with Crippen LogP contribution in [-0.4, -0.2) is 15.0 Å². The van der Waals surface area contributed by atoms with E-state index in [0.717, 1.165) is 44.2 Å². The molecule has 0 aliphatic rings. The molecule has 8 aromatic rings. The van der Waals surface area contributed by atoms with Gasteiger partial charge in [0.25, 0.3) is 0 Å². The summed E-state index contributed by atoms with van der Waals surface area (Å²) in [5.41, 5.74) is 6.35. The van der Waals surface area contributed by atoms with Crippen molar-refractivity contribution >= 4 is 53.9 Å². The Hall–Kier alpha value is -4.90. The second kappa shape index (κ2) is 10.2. The van der Waals surface area contributed by atoms with Gasteiger partial charge < -0.3 is 0 Å². The highest BCUT2D eigenvalue weighted by Crippen LogP contribution is 2.37. The summed E-state index contributed by atoms with van der Waals surface area (Å²) in [6.45, 7) is 0. The highest BCUT2D eigenvalue weighted by Gasteiger charge is 2.14. The van der Waals surface area contributed by atoms with Crippen LogP contribution in [0.1, 0.15) is 0 Å². The number of hydrogen-bond acceptors (Lipinski definition) is 4. The molecular formula is C37H22ClN3S. The van der Waals surface area contributed by atoms with Crippen LogP contribution in [0.2, 0.25) is 5.28 Å². The van der Waals surface area contributed by atoms with Crippen LogP contribution in [0.25, 0.3) is 76.0 Å². The largest absolute Gasteiger partial charge is 0.226 e. The molecule has 0 saturated carbocycles. The SMILES string of the molecule is Clc1nc(-c2cccc(-c3ccc4sc5ccccc5c4c3)c2)nc(-c2cccc3ccc(-c4ccccc4)cc23)n1. The predicted molar refractivity (Wildman–Crippen MR) is 177 cm³/mol. The van der Waals surface area contributed by atoms with Crippen LogP contribution in [0.4, 0.5) is 0 Å². The molecule has 0 saturated heterocycles. The first-order valence-corrected chi connectivity index (χ1v) is 14.9. The second-order valence-corrected chi connectivity index (χ2v) is 11.7. The molecular weight excluding hydrogens is 554 g/mol. The molecule has 8 rings (SSSR count). The van der Waals surface area contributed by atoms with Crippen LogP contribution >= 0.6 is 22.9 Å². The highest BCUT2D eigenvalue weighted by atomic mass is 35.5. The maximum absolute atomic E-state index is 6.53. The molecule has 0 unspecified atom stereocenters. The van der Waals surface area contributed by atoms with Crippen molar-refractivity contribution in [2.45, 2.75) is 0 Å². The van der Waals surface area contributed by atoms with Gasteiger partial charge in [-0.1, -0.05) is 103 Å². The molecule has 0 aliphatic heterocycles. The third kappa shape index (κ3) is 4.42. The molecule has 0 bridgehead atoms. The van der Waals surface area contributed by atoms with E-state index in [1.54, 1.807) is 0 Å². The Kier molecular flexibility index (Phi) is 6.03. The van der Waals surface area contributed by atoms with E-state index < -0.39 is 0 Å². The number of halogens is 1. The third-order valence-electron chi connectivity index (χ3n) is 7.67. The quantitative estimate of drug-likeness (QED) is 0.209. The second-order valence-electron chi connectivity index (χ2n) is 10.2. The Balaban J connectivity index is 1.22. The Morgan fingerprint density at radius 3 is 2.02 bits per heavy atom. The summed E-state index contributed by atoms with van der Waals surface area (Å²) < 4.78 is 2.59. The Morgan fingerprint density at radius 2 is 1.10 bits per heavy atom. The van der Waals surface area contributed by atoms with Gasteiger partial charge in [0.1, 0.15) is 0 Å². The molecule has 6 aromatic carbocycles. The molecule has 0 atom stereocenters. The van der Waals surface area contributed by atoms with Crippen LogP contribution in [0.15, 0.2) is 133 Å². The molecule has 0 radical (unpaired) electrons. The maximum Gasteiger partial charge on any atom is 0.226 e. The smallest absolute Gasteiger partial charge is 0.208 e. The van der Waals surface area contributed by atoms with Crippen molar-refractivity contribution in [3.63, 3.8) is 0 Å². The molecule has 42 heavy (non-hydrogen) atoms. The van der Waals surface area contributed by atoms with Gasteiger partial charge in [0.2, 0.25) is 5.28 Å². The number of nitrogens with zero attached hydrogens (tertiary/aromatic N) is 3. The van der Waals surface area contributed by atoms with E-state index in [2.05, 4.69) is 113 Å². The lowest BCUT2D eigenvalue weighted by molar-refractivity contribution is 1.07. The van der Waals surface area contributed by atoms with Crippen LogP contribution in [0.3, 0.4) is 0 Å². The summed E-state index contributed by atoms with van der Waals surface area (Å²) in [6.07, 6.45) is 0. The van der Waals surface area contributed by atoms with E-state index in [1.165, 1.54) is 20.2 Å². The van der Waals surface area contributed by atoms with E-state index in [0.29, 0.717) is 11.6 Å². The van der Waals surface area contributed by atoms with E-state index >= 15 is 0 Å². The fourth-order valence-electron chi connectivity index (χ4n) is 5.62. The van der Waals surface area contributed by atoms with Crippen molar-refractivity contribution in [1.82, 2.24) is 15.0 Å². The van der Waals surface area contributed by atoms with Crippen molar-refractivity contribution in [2.24, 2.45) is 0 Å². The van der Waals surface area contributed by atoms with Gasteiger partial charge in [-0.25, -0.2) is 4.98 Å². The minimum absolute atomic E-state index is 0.169. The summed E-state index contributed by atoms with van der Waals surface area (Å²) in [5, 5.41) is 4.91. The lowest BCUT2D eigenvalue weighted by Crippen LogP contribution is -1.98. The monoisotopic (exact) mass is 575 g/mol. The zero-order chi connectivity index (χ0) is 28.0. The molecule has 0 aliphatic carbocycles. The Morgan fingerprint density at radius 1 is 0.429 bits per heavy atom. The molecule has 2 aromatic heterocycles. The Labute approximate surface area is 251 Å². The summed E-state index contributed by atoms with van der Waals surface area (Å²) in [4.78, 5) is 14.0. The fourth-order valence-corrected chi connectivity index (χ4v) is 6.87.